The summed E-state index contributed by atoms with van der Waals surface area (Å²) in [6.07, 6.45) is 3.56. The van der Waals surface area contributed by atoms with E-state index >= 15 is 0 Å². The molecule has 0 rings (SSSR count). The third kappa shape index (κ3) is 8.01. The molecule has 0 aliphatic carbocycles. The number of nitrogens with zero attached hydrogens (tertiary/aromatic N) is 1. The molecule has 0 spiro atoms. The quantitative estimate of drug-likeness (QED) is 0.548. The van der Waals surface area contributed by atoms with Crippen LogP contribution in [0.1, 0.15) is 32.6 Å². The van der Waals surface area contributed by atoms with Crippen LogP contribution in [0.15, 0.2) is 0 Å². The van der Waals surface area contributed by atoms with E-state index in [1.54, 1.807) is 0 Å². The molecule has 0 saturated carbocycles. The number of hydrogen-bond donors (Lipinski definition) is 2. The minimum Gasteiger partial charge on any atom is -0.481 e. The van der Waals surface area contributed by atoms with Crippen molar-refractivity contribution in [2.24, 2.45) is 0 Å². The number of unbranched alkanes of at least 4 members (excludes halogenated alkanes) is 2. The lowest BCUT2D eigenvalue weighted by Crippen LogP contribution is -2.30. The van der Waals surface area contributed by atoms with E-state index in [0.717, 1.165) is 25.8 Å². The van der Waals surface area contributed by atoms with Gasteiger partial charge in [-0.2, -0.15) is 0 Å². The average molecular weight is 203 g/mol. The molecule has 0 radical (unpaired) electrons. The molecule has 0 fully saturated rings. The predicted octanol–water partition coefficient (Wildman–Crippen LogP) is 0.946. The smallest absolute Gasteiger partial charge is 0.304 e. The summed E-state index contributed by atoms with van der Waals surface area (Å²) in [5.74, 6) is -0.775. The second kappa shape index (κ2) is 8.97. The molecular weight excluding hydrogens is 182 g/mol. The zero-order chi connectivity index (χ0) is 10.8. The number of aliphatic carboxylic acids is 1. The van der Waals surface area contributed by atoms with E-state index in [0.29, 0.717) is 13.1 Å². The van der Waals surface area contributed by atoms with Crippen LogP contribution in [-0.4, -0.2) is 47.3 Å². The molecule has 0 saturated heterocycles. The van der Waals surface area contributed by atoms with Gasteiger partial charge in [-0.3, -0.25) is 4.79 Å². The van der Waals surface area contributed by atoms with Gasteiger partial charge in [-0.05, 0) is 13.0 Å². The highest BCUT2D eigenvalue weighted by Crippen LogP contribution is 1.99. The van der Waals surface area contributed by atoms with Gasteiger partial charge in [0.25, 0.3) is 0 Å². The lowest BCUT2D eigenvalue weighted by atomic mass is 10.2. The Bertz CT molecular complexity index is 150. The van der Waals surface area contributed by atoms with Gasteiger partial charge in [-0.25, -0.2) is 0 Å². The SMILES string of the molecule is CCCCCN(CCO)CCC(=O)O. The van der Waals surface area contributed by atoms with Crippen LogP contribution in [0.4, 0.5) is 0 Å². The maximum Gasteiger partial charge on any atom is 0.304 e. The molecule has 0 bridgehead atoms. The first kappa shape index (κ1) is 13.4. The van der Waals surface area contributed by atoms with Crippen molar-refractivity contribution in [2.75, 3.05) is 26.2 Å². The summed E-state index contributed by atoms with van der Waals surface area (Å²) in [7, 11) is 0. The zero-order valence-corrected chi connectivity index (χ0v) is 8.91. The molecule has 0 aliphatic heterocycles. The van der Waals surface area contributed by atoms with Crippen molar-refractivity contribution in [1.29, 1.82) is 0 Å². The summed E-state index contributed by atoms with van der Waals surface area (Å²) in [5.41, 5.74) is 0. The fourth-order valence-corrected chi connectivity index (χ4v) is 1.32. The lowest BCUT2D eigenvalue weighted by molar-refractivity contribution is -0.137. The maximum absolute atomic E-state index is 10.3. The monoisotopic (exact) mass is 203 g/mol. The van der Waals surface area contributed by atoms with E-state index < -0.39 is 5.97 Å². The summed E-state index contributed by atoms with van der Waals surface area (Å²) >= 11 is 0. The molecule has 0 aromatic rings. The number of hydrogen-bond acceptors (Lipinski definition) is 3. The fraction of sp³-hybridized carbons (Fsp3) is 0.900. The van der Waals surface area contributed by atoms with Gasteiger partial charge in [0.1, 0.15) is 0 Å². The van der Waals surface area contributed by atoms with Gasteiger partial charge in [0, 0.05) is 13.1 Å². The Labute approximate surface area is 85.5 Å². The molecule has 0 heterocycles. The standard InChI is InChI=1S/C10H21NO3/c1-2-3-4-6-11(8-9-12)7-5-10(13)14/h12H,2-9H2,1H3,(H,13,14). The Morgan fingerprint density at radius 1 is 1.21 bits per heavy atom. The minimum absolute atomic E-state index is 0.103. The van der Waals surface area contributed by atoms with Crippen molar-refractivity contribution < 1.29 is 15.0 Å². The van der Waals surface area contributed by atoms with Crippen molar-refractivity contribution in [3.8, 4) is 0 Å². The Kier molecular flexibility index (Phi) is 8.57. The van der Waals surface area contributed by atoms with E-state index in [9.17, 15) is 4.79 Å². The van der Waals surface area contributed by atoms with E-state index in [1.165, 1.54) is 0 Å². The number of rotatable bonds is 9. The molecule has 0 aromatic heterocycles. The summed E-state index contributed by atoms with van der Waals surface area (Å²) in [6, 6.07) is 0. The summed E-state index contributed by atoms with van der Waals surface area (Å²) < 4.78 is 0. The summed E-state index contributed by atoms with van der Waals surface area (Å²) in [4.78, 5) is 12.4. The normalized spacial score (nSPS) is 10.8. The van der Waals surface area contributed by atoms with Gasteiger partial charge < -0.3 is 15.1 Å². The number of carboxylic acid groups (broad SMARTS) is 1. The Morgan fingerprint density at radius 2 is 1.93 bits per heavy atom. The molecule has 0 amide bonds. The molecule has 0 aliphatic rings. The fourth-order valence-electron chi connectivity index (χ4n) is 1.32. The van der Waals surface area contributed by atoms with Crippen LogP contribution in [0, 0.1) is 0 Å². The van der Waals surface area contributed by atoms with Crippen LogP contribution in [0.5, 0.6) is 0 Å². The second-order valence-corrected chi connectivity index (χ2v) is 3.42. The molecule has 4 heteroatoms. The topological polar surface area (TPSA) is 60.8 Å². The van der Waals surface area contributed by atoms with E-state index in [4.69, 9.17) is 10.2 Å². The zero-order valence-electron chi connectivity index (χ0n) is 8.91. The van der Waals surface area contributed by atoms with Crippen LogP contribution in [0.2, 0.25) is 0 Å². The molecule has 0 aromatic carbocycles. The van der Waals surface area contributed by atoms with E-state index in [1.807, 2.05) is 4.90 Å². The third-order valence-electron chi connectivity index (χ3n) is 2.14. The first-order valence-electron chi connectivity index (χ1n) is 5.25. The van der Waals surface area contributed by atoms with Crippen molar-refractivity contribution in [3.05, 3.63) is 0 Å². The van der Waals surface area contributed by atoms with Crippen LogP contribution >= 0.6 is 0 Å². The Balaban J connectivity index is 3.59. The Hall–Kier alpha value is -0.610. The van der Waals surface area contributed by atoms with Crippen LogP contribution in [0.3, 0.4) is 0 Å². The van der Waals surface area contributed by atoms with E-state index in [2.05, 4.69) is 6.92 Å². The highest BCUT2D eigenvalue weighted by atomic mass is 16.4. The number of aliphatic hydroxyl groups is 1. The number of aliphatic hydroxyl groups excluding tert-OH is 1. The molecule has 14 heavy (non-hydrogen) atoms. The van der Waals surface area contributed by atoms with Gasteiger partial charge in [-0.15, -0.1) is 0 Å². The van der Waals surface area contributed by atoms with Gasteiger partial charge in [0.15, 0.2) is 0 Å². The van der Waals surface area contributed by atoms with Crippen molar-refractivity contribution in [1.82, 2.24) is 4.90 Å². The number of carbonyl (C=O) groups is 1. The molecule has 0 atom stereocenters. The van der Waals surface area contributed by atoms with Gasteiger partial charge in [0.05, 0.1) is 13.0 Å². The van der Waals surface area contributed by atoms with Crippen molar-refractivity contribution >= 4 is 5.97 Å². The third-order valence-corrected chi connectivity index (χ3v) is 2.14. The summed E-state index contributed by atoms with van der Waals surface area (Å²) in [6.45, 7) is 4.25. The molecule has 4 nitrogen and oxygen atoms in total. The van der Waals surface area contributed by atoms with Crippen molar-refractivity contribution in [2.45, 2.75) is 32.6 Å². The van der Waals surface area contributed by atoms with Gasteiger partial charge in [-0.1, -0.05) is 19.8 Å². The summed E-state index contributed by atoms with van der Waals surface area (Å²) in [5, 5.41) is 17.3. The highest BCUT2D eigenvalue weighted by Gasteiger charge is 2.05. The van der Waals surface area contributed by atoms with Crippen molar-refractivity contribution in [3.63, 3.8) is 0 Å². The first-order chi connectivity index (χ1) is 6.70. The largest absolute Gasteiger partial charge is 0.481 e. The van der Waals surface area contributed by atoms with Gasteiger partial charge >= 0.3 is 5.97 Å². The average Bonchev–Trinajstić information content (AvgIpc) is 2.14. The molecule has 84 valence electrons. The first-order valence-corrected chi connectivity index (χ1v) is 5.25. The van der Waals surface area contributed by atoms with Crippen LogP contribution < -0.4 is 0 Å². The lowest BCUT2D eigenvalue weighted by Gasteiger charge is -2.19. The van der Waals surface area contributed by atoms with Gasteiger partial charge in [0.2, 0.25) is 0 Å². The Morgan fingerprint density at radius 3 is 2.43 bits per heavy atom. The second-order valence-electron chi connectivity index (χ2n) is 3.42. The minimum atomic E-state index is -0.775. The highest BCUT2D eigenvalue weighted by molar-refractivity contribution is 5.66. The van der Waals surface area contributed by atoms with Crippen LogP contribution in [0.25, 0.3) is 0 Å². The number of carboxylic acids is 1. The predicted molar refractivity (Wildman–Crippen MR) is 55.3 cm³/mol. The molecule has 2 N–H and O–H groups in total. The maximum atomic E-state index is 10.3. The molecular formula is C10H21NO3. The van der Waals surface area contributed by atoms with Crippen LogP contribution in [-0.2, 0) is 4.79 Å². The molecule has 0 unspecified atom stereocenters. The van der Waals surface area contributed by atoms with E-state index in [-0.39, 0.29) is 13.0 Å².